The monoisotopic (exact) mass is 339 g/mol. The van der Waals surface area contributed by atoms with Gasteiger partial charge in [0.25, 0.3) is 0 Å². The molecule has 0 aliphatic rings. The van der Waals surface area contributed by atoms with Gasteiger partial charge in [0.1, 0.15) is 5.82 Å². The summed E-state index contributed by atoms with van der Waals surface area (Å²) >= 11 is 5.79. The Bertz CT molecular complexity index is 778. The van der Waals surface area contributed by atoms with Gasteiger partial charge in [-0.2, -0.15) is 0 Å². The molecule has 0 aliphatic carbocycles. The van der Waals surface area contributed by atoms with Crippen LogP contribution in [-0.2, 0) is 9.84 Å². The molecule has 0 spiro atoms. The first kappa shape index (κ1) is 16.7. The molecular weight excluding hydrogens is 322 g/mol. The summed E-state index contributed by atoms with van der Waals surface area (Å²) < 4.78 is 24.8. The molecule has 1 aromatic heterocycles. The van der Waals surface area contributed by atoms with Crippen LogP contribution in [0.5, 0.6) is 0 Å². The van der Waals surface area contributed by atoms with E-state index in [2.05, 4.69) is 15.3 Å². The van der Waals surface area contributed by atoms with Crippen LogP contribution in [0.1, 0.15) is 25.8 Å². The third-order valence-electron chi connectivity index (χ3n) is 3.47. The number of rotatable bonds is 5. The maximum absolute atomic E-state index is 12.4. The largest absolute Gasteiger partial charge is 0.340 e. The summed E-state index contributed by atoms with van der Waals surface area (Å²) in [5, 5.41) is 2.80. The molecule has 22 heavy (non-hydrogen) atoms. The van der Waals surface area contributed by atoms with E-state index in [-0.39, 0.29) is 5.28 Å². The van der Waals surface area contributed by atoms with Gasteiger partial charge < -0.3 is 5.32 Å². The number of sulfone groups is 1. The molecule has 0 saturated carbocycles. The summed E-state index contributed by atoms with van der Waals surface area (Å²) in [5.41, 5.74) is 1.46. The van der Waals surface area contributed by atoms with E-state index in [4.69, 9.17) is 11.6 Å². The van der Waals surface area contributed by atoms with Crippen molar-refractivity contribution in [1.82, 2.24) is 9.97 Å². The average molecular weight is 340 g/mol. The zero-order valence-electron chi connectivity index (χ0n) is 12.7. The fourth-order valence-electron chi connectivity index (χ4n) is 1.89. The summed E-state index contributed by atoms with van der Waals surface area (Å²) in [4.78, 5) is 8.29. The Hall–Kier alpha value is -1.66. The van der Waals surface area contributed by atoms with Gasteiger partial charge in [0, 0.05) is 17.4 Å². The normalized spacial score (nSPS) is 12.9. The molecule has 0 saturated heterocycles. The van der Waals surface area contributed by atoms with Gasteiger partial charge in [-0.15, -0.1) is 0 Å². The second-order valence-electron chi connectivity index (χ2n) is 5.09. The molecule has 0 radical (unpaired) electrons. The van der Waals surface area contributed by atoms with Gasteiger partial charge in [0.15, 0.2) is 9.84 Å². The van der Waals surface area contributed by atoms with Gasteiger partial charge in [-0.25, -0.2) is 18.4 Å². The van der Waals surface area contributed by atoms with Crippen molar-refractivity contribution in [2.75, 3.05) is 5.32 Å². The van der Waals surface area contributed by atoms with Crippen LogP contribution in [0.25, 0.3) is 0 Å². The summed E-state index contributed by atoms with van der Waals surface area (Å²) in [6, 6.07) is 6.70. The van der Waals surface area contributed by atoms with E-state index < -0.39 is 15.1 Å². The number of hydrogen-bond donors (Lipinski definition) is 1. The van der Waals surface area contributed by atoms with E-state index in [1.165, 1.54) is 0 Å². The maximum atomic E-state index is 12.4. The third-order valence-corrected chi connectivity index (χ3v) is 5.96. The van der Waals surface area contributed by atoms with Gasteiger partial charge in [0.2, 0.25) is 5.28 Å². The van der Waals surface area contributed by atoms with Crippen LogP contribution >= 0.6 is 11.6 Å². The van der Waals surface area contributed by atoms with E-state index in [0.29, 0.717) is 22.8 Å². The number of aromatic nitrogens is 2. The van der Waals surface area contributed by atoms with E-state index in [1.807, 2.05) is 13.8 Å². The molecule has 5 nitrogen and oxygen atoms in total. The quantitative estimate of drug-likeness (QED) is 0.840. The fourth-order valence-corrected chi connectivity index (χ4v) is 3.48. The van der Waals surface area contributed by atoms with Crippen molar-refractivity contribution < 1.29 is 8.42 Å². The molecule has 0 aliphatic heterocycles. The first-order valence-electron chi connectivity index (χ1n) is 6.94. The van der Waals surface area contributed by atoms with Crippen LogP contribution in [0.15, 0.2) is 35.4 Å². The van der Waals surface area contributed by atoms with Gasteiger partial charge in [-0.05, 0) is 50.1 Å². The first-order chi connectivity index (χ1) is 10.3. The number of halogens is 1. The highest BCUT2D eigenvalue weighted by Crippen LogP contribution is 2.24. The van der Waals surface area contributed by atoms with Crippen LogP contribution in [0, 0.1) is 6.92 Å². The van der Waals surface area contributed by atoms with Crippen molar-refractivity contribution in [3.63, 3.8) is 0 Å². The molecule has 1 N–H and O–H groups in total. The summed E-state index contributed by atoms with van der Waals surface area (Å²) in [6.07, 6.45) is 2.18. The number of hydrogen-bond acceptors (Lipinski definition) is 5. The van der Waals surface area contributed by atoms with Gasteiger partial charge >= 0.3 is 0 Å². The third kappa shape index (κ3) is 3.56. The van der Waals surface area contributed by atoms with E-state index >= 15 is 0 Å². The van der Waals surface area contributed by atoms with Crippen molar-refractivity contribution in [1.29, 1.82) is 0 Å². The molecular formula is C15H18ClN3O2S. The second kappa shape index (κ2) is 6.62. The van der Waals surface area contributed by atoms with Crippen molar-refractivity contribution in [3.05, 3.63) is 41.3 Å². The lowest BCUT2D eigenvalue weighted by Gasteiger charge is -2.13. The van der Waals surface area contributed by atoms with Gasteiger partial charge in [0.05, 0.1) is 10.1 Å². The predicted octanol–water partition coefficient (Wildman–Crippen LogP) is 3.75. The number of nitrogens with one attached hydrogen (secondary N) is 1. The highest BCUT2D eigenvalue weighted by Gasteiger charge is 2.21. The number of nitrogens with zero attached hydrogens (tertiary/aromatic N) is 2. The fraction of sp³-hybridized carbons (Fsp3) is 0.333. The van der Waals surface area contributed by atoms with E-state index in [9.17, 15) is 8.42 Å². The lowest BCUT2D eigenvalue weighted by atomic mass is 10.3. The molecule has 0 fully saturated rings. The molecule has 0 amide bonds. The lowest BCUT2D eigenvalue weighted by Crippen LogP contribution is -2.16. The summed E-state index contributed by atoms with van der Waals surface area (Å²) in [7, 11) is -3.32. The molecule has 1 aromatic carbocycles. The van der Waals surface area contributed by atoms with Crippen molar-refractivity contribution in [2.24, 2.45) is 0 Å². The Morgan fingerprint density at radius 3 is 2.77 bits per heavy atom. The number of anilines is 2. The van der Waals surface area contributed by atoms with Gasteiger partial charge in [-0.3, -0.25) is 0 Å². The average Bonchev–Trinajstić information content (AvgIpc) is 2.50. The minimum atomic E-state index is -3.32. The van der Waals surface area contributed by atoms with Crippen molar-refractivity contribution in [2.45, 2.75) is 37.3 Å². The van der Waals surface area contributed by atoms with Crippen molar-refractivity contribution in [3.8, 4) is 0 Å². The predicted molar refractivity (Wildman–Crippen MR) is 88.4 cm³/mol. The molecule has 1 unspecified atom stereocenters. The number of benzene rings is 1. The molecule has 1 atom stereocenters. The Morgan fingerprint density at radius 1 is 1.36 bits per heavy atom. The van der Waals surface area contributed by atoms with Gasteiger partial charge in [-0.1, -0.05) is 13.0 Å². The molecule has 1 heterocycles. The minimum Gasteiger partial charge on any atom is -0.340 e. The van der Waals surface area contributed by atoms with Crippen LogP contribution in [0.4, 0.5) is 11.5 Å². The molecule has 2 rings (SSSR count). The van der Waals surface area contributed by atoms with E-state index in [0.717, 1.165) is 5.56 Å². The molecule has 0 bridgehead atoms. The molecule has 7 heteroatoms. The highest BCUT2D eigenvalue weighted by molar-refractivity contribution is 7.92. The van der Waals surface area contributed by atoms with E-state index in [1.54, 1.807) is 37.4 Å². The Kier molecular flexibility index (Phi) is 5.03. The van der Waals surface area contributed by atoms with Crippen LogP contribution < -0.4 is 5.32 Å². The molecule has 2 aromatic rings. The standard InChI is InChI=1S/C15H18ClN3O2S/c1-4-11(3)22(20,21)13-7-5-6-12(8-13)18-14-10(2)9-17-15(16)19-14/h5-9,11H,4H2,1-3H3,(H,17,18,19). The summed E-state index contributed by atoms with van der Waals surface area (Å²) in [6.45, 7) is 5.42. The Morgan fingerprint density at radius 2 is 2.09 bits per heavy atom. The second-order valence-corrected chi connectivity index (χ2v) is 7.79. The molecule has 118 valence electrons. The lowest BCUT2D eigenvalue weighted by molar-refractivity contribution is 0.581. The first-order valence-corrected chi connectivity index (χ1v) is 8.87. The zero-order chi connectivity index (χ0) is 16.3. The van der Waals surface area contributed by atoms with Crippen molar-refractivity contribution >= 4 is 32.9 Å². The summed E-state index contributed by atoms with van der Waals surface area (Å²) in [5.74, 6) is 0.554. The Balaban J connectivity index is 2.35. The highest BCUT2D eigenvalue weighted by atomic mass is 35.5. The maximum Gasteiger partial charge on any atom is 0.224 e. The van der Waals surface area contributed by atoms with Crippen LogP contribution in [-0.4, -0.2) is 23.6 Å². The topological polar surface area (TPSA) is 72.0 Å². The Labute approximate surface area is 135 Å². The SMILES string of the molecule is CCC(C)S(=O)(=O)c1cccc(Nc2nc(Cl)ncc2C)c1. The van der Waals surface area contributed by atoms with Crippen LogP contribution in [0.3, 0.4) is 0 Å². The zero-order valence-corrected chi connectivity index (χ0v) is 14.2. The smallest absolute Gasteiger partial charge is 0.224 e. The minimum absolute atomic E-state index is 0.136. The van der Waals surface area contributed by atoms with Crippen LogP contribution in [0.2, 0.25) is 5.28 Å². The number of aryl methyl sites for hydroxylation is 1.